The molecule has 1 aromatic heterocycles. The number of aromatic amines is 1. The average Bonchev–Trinajstić information content (AvgIpc) is 2.18. The number of H-pyrrole nitrogens is 1. The van der Waals surface area contributed by atoms with Crippen molar-refractivity contribution < 1.29 is 26.7 Å². The van der Waals surface area contributed by atoms with E-state index in [0.29, 0.717) is 3.57 Å². The van der Waals surface area contributed by atoms with E-state index in [1.165, 1.54) is 0 Å². The first kappa shape index (κ1) is 9.20. The van der Waals surface area contributed by atoms with Crippen LogP contribution in [-0.2, 0) is 0 Å². The fourth-order valence-electron chi connectivity index (χ4n) is 0.556. The van der Waals surface area contributed by atoms with Crippen LogP contribution >= 0.6 is 11.6 Å². The minimum atomic E-state index is -1.13. The Kier molecular flexibility index (Phi) is 3.07. The first-order valence-corrected chi connectivity index (χ1v) is 5.05. The zero-order chi connectivity index (χ0) is 8.43. The van der Waals surface area contributed by atoms with Crippen LogP contribution < -0.4 is 21.5 Å². The van der Waals surface area contributed by atoms with Gasteiger partial charge in [0, 0.05) is 0 Å². The third-order valence-corrected chi connectivity index (χ3v) is 3.80. The molecule has 0 unspecified atom stereocenters. The van der Waals surface area contributed by atoms with Crippen LogP contribution in [0.15, 0.2) is 0 Å². The number of halogens is 2. The van der Waals surface area contributed by atoms with E-state index in [1.54, 1.807) is 6.92 Å². The van der Waals surface area contributed by atoms with Gasteiger partial charge in [0.15, 0.2) is 0 Å². The second kappa shape index (κ2) is 3.68. The first-order chi connectivity index (χ1) is 5.11. The fourth-order valence-corrected chi connectivity index (χ4v) is 2.17. The van der Waals surface area contributed by atoms with Gasteiger partial charge in [-0.3, -0.25) is 0 Å². The number of rotatable bonds is 2. The summed E-state index contributed by atoms with van der Waals surface area (Å²) in [5.74, 6) is 0. The number of nitrogens with one attached hydrogen (secondary N) is 1. The molecule has 11 heavy (non-hydrogen) atoms. The molecule has 0 saturated carbocycles. The molecule has 0 saturated heterocycles. The van der Waals surface area contributed by atoms with E-state index in [1.807, 2.05) is 0 Å². The van der Waals surface area contributed by atoms with E-state index in [-0.39, 0.29) is 8.59 Å². The molecule has 0 aliphatic rings. The van der Waals surface area contributed by atoms with Gasteiger partial charge in [-0.25, -0.2) is 0 Å². The molecule has 0 atom stereocenters. The molecule has 2 N–H and O–H groups in total. The van der Waals surface area contributed by atoms with Gasteiger partial charge in [-0.1, -0.05) is 0 Å². The van der Waals surface area contributed by atoms with E-state index in [2.05, 4.69) is 10.2 Å². The van der Waals surface area contributed by atoms with Crippen LogP contribution in [0.4, 0.5) is 0 Å². The summed E-state index contributed by atoms with van der Waals surface area (Å²) in [5, 5.41) is 25.2. The third kappa shape index (κ3) is 2.27. The van der Waals surface area contributed by atoms with Crippen molar-refractivity contribution >= 4 is 11.6 Å². The number of nitrogens with zero attached hydrogens (tertiary/aromatic N) is 2. The van der Waals surface area contributed by atoms with Crippen LogP contribution in [0.5, 0.6) is 0 Å². The Morgan fingerprint density at radius 1 is 1.82 bits per heavy atom. The molecule has 0 radical (unpaired) electrons. The molecule has 0 aliphatic heterocycles. The minimum absolute atomic E-state index is 0.0807. The molecule has 0 aliphatic carbocycles. The Bertz CT molecular complexity index is 232. The summed E-state index contributed by atoms with van der Waals surface area (Å²) in [7, 11) is 0. The van der Waals surface area contributed by atoms with Crippen LogP contribution in [0.1, 0.15) is 5.69 Å². The van der Waals surface area contributed by atoms with E-state index in [9.17, 15) is 5.21 Å². The molecule has 7 heteroatoms. The van der Waals surface area contributed by atoms with Gasteiger partial charge in [0.1, 0.15) is 0 Å². The van der Waals surface area contributed by atoms with Crippen molar-refractivity contribution in [1.29, 1.82) is 0 Å². The van der Waals surface area contributed by atoms with Crippen molar-refractivity contribution in [1.82, 2.24) is 13.6 Å². The van der Waals surface area contributed by atoms with E-state index in [0.717, 1.165) is 5.69 Å². The normalized spacial score (nSPS) is 11.4. The van der Waals surface area contributed by atoms with Gasteiger partial charge in [-0.15, -0.1) is 0 Å². The Labute approximate surface area is 78.5 Å². The van der Waals surface area contributed by atoms with Gasteiger partial charge in [-0.05, 0) is 0 Å². The van der Waals surface area contributed by atoms with Crippen molar-refractivity contribution in [3.8, 4) is 0 Å². The second-order valence-corrected chi connectivity index (χ2v) is 4.51. The van der Waals surface area contributed by atoms with Gasteiger partial charge in [0.25, 0.3) is 0 Å². The van der Waals surface area contributed by atoms with Crippen LogP contribution in [-0.4, -0.2) is 18.8 Å². The molecular formula is C4H5ClIN3O2-2. The predicted molar refractivity (Wildman–Crippen MR) is 34.0 cm³/mol. The van der Waals surface area contributed by atoms with Gasteiger partial charge in [0.2, 0.25) is 0 Å². The Balaban J connectivity index is 2.83. The average molecular weight is 289 g/mol. The Morgan fingerprint density at radius 3 is 2.82 bits per heavy atom. The van der Waals surface area contributed by atoms with E-state index < -0.39 is 21.5 Å². The van der Waals surface area contributed by atoms with Crippen molar-refractivity contribution in [3.63, 3.8) is 0 Å². The Hall–Kier alpha value is 0.110. The molecule has 1 heterocycles. The van der Waals surface area contributed by atoms with Crippen molar-refractivity contribution in [2.24, 2.45) is 0 Å². The predicted octanol–water partition coefficient (Wildman–Crippen LogP) is -2.27. The summed E-state index contributed by atoms with van der Waals surface area (Å²) in [6, 6.07) is 0. The summed E-state index contributed by atoms with van der Waals surface area (Å²) in [5.41, 5.74) is 0.734. The molecule has 1 rings (SSSR count). The van der Waals surface area contributed by atoms with Crippen LogP contribution in [0.2, 0.25) is 5.15 Å². The standard InChI is InChI=1S/C4H5ClIN3O2/c1-2-3(6-9(10)11)4(5)8-7-2/h10H,1H3,(H,7,8)/q-2. The van der Waals surface area contributed by atoms with E-state index >= 15 is 0 Å². The maximum absolute atomic E-state index is 10.2. The molecule has 0 amide bonds. The fraction of sp³-hybridized carbons (Fsp3) is 0.250. The van der Waals surface area contributed by atoms with Gasteiger partial charge in [0.05, 0.1) is 0 Å². The number of hydrogen-bond acceptors (Lipinski definition) is 4. The molecule has 0 fully saturated rings. The van der Waals surface area contributed by atoms with E-state index in [4.69, 9.17) is 16.8 Å². The third-order valence-electron chi connectivity index (χ3n) is 0.989. The van der Waals surface area contributed by atoms with Crippen LogP contribution in [0, 0.1) is 15.7 Å². The summed E-state index contributed by atoms with van der Waals surface area (Å²) in [6.45, 7) is 1.75. The maximum atomic E-state index is 10.2. The summed E-state index contributed by atoms with van der Waals surface area (Å²) >= 11 is 4.47. The van der Waals surface area contributed by atoms with Crippen molar-refractivity contribution in [2.75, 3.05) is 0 Å². The number of aromatic nitrogens is 2. The molecule has 1 aromatic rings. The second-order valence-electron chi connectivity index (χ2n) is 1.76. The summed E-state index contributed by atoms with van der Waals surface area (Å²) in [6.07, 6.45) is 0. The quantitative estimate of drug-likeness (QED) is 0.366. The Morgan fingerprint density at radius 2 is 2.45 bits per heavy atom. The van der Waals surface area contributed by atoms with Crippen LogP contribution in [0.25, 0.3) is 0 Å². The van der Waals surface area contributed by atoms with Crippen molar-refractivity contribution in [2.45, 2.75) is 6.92 Å². The monoisotopic (exact) mass is 289 g/mol. The van der Waals surface area contributed by atoms with Gasteiger partial charge >= 0.3 is 78.5 Å². The van der Waals surface area contributed by atoms with Gasteiger partial charge in [-0.2, -0.15) is 0 Å². The number of hydrogen-bond donors (Lipinski definition) is 2. The molecular weight excluding hydrogens is 284 g/mol. The topological polar surface area (TPSA) is 75.2 Å². The molecule has 0 spiro atoms. The van der Waals surface area contributed by atoms with Crippen molar-refractivity contribution in [3.05, 3.63) is 19.6 Å². The molecule has 0 aromatic carbocycles. The first-order valence-electron chi connectivity index (χ1n) is 2.63. The SMILES string of the molecule is Cc1[nH]nc(Cl)c1[I-]N([O-])O. The molecule has 5 nitrogen and oxygen atoms in total. The molecule has 0 bridgehead atoms. The molecule has 64 valence electrons. The number of aryl methyl sites for hydroxylation is 1. The van der Waals surface area contributed by atoms with Crippen LogP contribution in [0.3, 0.4) is 0 Å². The van der Waals surface area contributed by atoms with Gasteiger partial charge < -0.3 is 0 Å². The zero-order valence-corrected chi connectivity index (χ0v) is 8.42. The summed E-state index contributed by atoms with van der Waals surface area (Å²) in [4.78, 5) is 0. The zero-order valence-electron chi connectivity index (χ0n) is 5.51. The summed E-state index contributed by atoms with van der Waals surface area (Å²) < 4.78 is 0.547.